The summed E-state index contributed by atoms with van der Waals surface area (Å²) in [6.45, 7) is 2.21. The topological polar surface area (TPSA) is 70.2 Å². The number of likely N-dealkylation sites (N-methyl/N-ethyl adjacent to an activating group) is 1. The molecule has 1 fully saturated rings. The first-order valence-corrected chi connectivity index (χ1v) is 6.70. The molecule has 1 aliphatic rings. The molecule has 1 amide bonds. The molecule has 104 valence electrons. The zero-order valence-corrected chi connectivity index (χ0v) is 11.3. The fraction of sp³-hybridized carbons (Fsp3) is 0.357. The monoisotopic (exact) mass is 271 g/mol. The molecule has 6 heteroatoms. The summed E-state index contributed by atoms with van der Waals surface area (Å²) in [6.07, 6.45) is 1.56. The number of hydrogen-bond donors (Lipinski definition) is 2. The van der Waals surface area contributed by atoms with E-state index >= 15 is 0 Å². The van der Waals surface area contributed by atoms with Crippen LogP contribution in [0.4, 0.5) is 5.82 Å². The Balaban J connectivity index is 2.06. The standard InChI is InChI=1S/C14H17N5O/c1-15-14(20)12-8-16-6-7-19(12)13-10-4-2-3-5-11(10)17-9-18-13/h2-5,9,12,16H,6-8H2,1H3,(H,15,20). The van der Waals surface area contributed by atoms with Crippen LogP contribution in [-0.2, 0) is 4.79 Å². The van der Waals surface area contributed by atoms with E-state index in [4.69, 9.17) is 0 Å². The number of nitrogens with one attached hydrogen (secondary N) is 2. The van der Waals surface area contributed by atoms with Crippen molar-refractivity contribution in [1.82, 2.24) is 20.6 Å². The molecule has 1 aromatic heterocycles. The Labute approximate surface area is 117 Å². The molecular weight excluding hydrogens is 254 g/mol. The normalized spacial score (nSPS) is 19.1. The molecule has 0 aliphatic carbocycles. The van der Waals surface area contributed by atoms with Gasteiger partial charge < -0.3 is 15.5 Å². The van der Waals surface area contributed by atoms with Gasteiger partial charge in [0.25, 0.3) is 0 Å². The number of hydrogen-bond acceptors (Lipinski definition) is 5. The highest BCUT2D eigenvalue weighted by Gasteiger charge is 2.29. The average Bonchev–Trinajstić information content (AvgIpc) is 2.53. The molecule has 20 heavy (non-hydrogen) atoms. The molecule has 1 saturated heterocycles. The first kappa shape index (κ1) is 12.8. The average molecular weight is 271 g/mol. The van der Waals surface area contributed by atoms with E-state index in [1.165, 1.54) is 0 Å². The Morgan fingerprint density at radius 1 is 1.40 bits per heavy atom. The summed E-state index contributed by atoms with van der Waals surface area (Å²) in [4.78, 5) is 22.8. The smallest absolute Gasteiger partial charge is 0.243 e. The Morgan fingerprint density at radius 2 is 2.25 bits per heavy atom. The van der Waals surface area contributed by atoms with Crippen molar-refractivity contribution in [3.63, 3.8) is 0 Å². The van der Waals surface area contributed by atoms with E-state index in [1.54, 1.807) is 13.4 Å². The van der Waals surface area contributed by atoms with Gasteiger partial charge in [-0.2, -0.15) is 0 Å². The van der Waals surface area contributed by atoms with Crippen LogP contribution in [0.3, 0.4) is 0 Å². The predicted molar refractivity (Wildman–Crippen MR) is 77.6 cm³/mol. The van der Waals surface area contributed by atoms with Crippen LogP contribution in [0.1, 0.15) is 0 Å². The lowest BCUT2D eigenvalue weighted by molar-refractivity contribution is -0.122. The maximum Gasteiger partial charge on any atom is 0.243 e. The van der Waals surface area contributed by atoms with Crippen molar-refractivity contribution in [2.45, 2.75) is 6.04 Å². The molecular formula is C14H17N5O. The van der Waals surface area contributed by atoms with Gasteiger partial charge in [-0.25, -0.2) is 9.97 Å². The van der Waals surface area contributed by atoms with E-state index in [0.29, 0.717) is 6.54 Å². The summed E-state index contributed by atoms with van der Waals surface area (Å²) < 4.78 is 0. The molecule has 2 aromatic rings. The van der Waals surface area contributed by atoms with Crippen molar-refractivity contribution in [3.8, 4) is 0 Å². The summed E-state index contributed by atoms with van der Waals surface area (Å²) in [7, 11) is 1.66. The summed E-state index contributed by atoms with van der Waals surface area (Å²) in [5, 5.41) is 6.95. The van der Waals surface area contributed by atoms with Gasteiger partial charge in [0.15, 0.2) is 0 Å². The zero-order chi connectivity index (χ0) is 13.9. The van der Waals surface area contributed by atoms with Crippen LogP contribution in [0.2, 0.25) is 0 Å². The van der Waals surface area contributed by atoms with E-state index in [-0.39, 0.29) is 11.9 Å². The second-order valence-electron chi connectivity index (χ2n) is 4.74. The molecule has 3 rings (SSSR count). The summed E-state index contributed by atoms with van der Waals surface area (Å²) in [5.74, 6) is 0.825. The van der Waals surface area contributed by atoms with Crippen LogP contribution in [0.5, 0.6) is 0 Å². The number of fused-ring (bicyclic) bond motifs is 1. The van der Waals surface area contributed by atoms with Gasteiger partial charge in [0, 0.05) is 32.1 Å². The lowest BCUT2D eigenvalue weighted by Gasteiger charge is -2.36. The predicted octanol–water partition coefficient (Wildman–Crippen LogP) is 0.154. The number of para-hydroxylation sites is 1. The van der Waals surface area contributed by atoms with E-state index in [1.807, 2.05) is 24.3 Å². The molecule has 1 unspecified atom stereocenters. The number of benzene rings is 1. The Bertz CT molecular complexity index is 624. The van der Waals surface area contributed by atoms with Crippen molar-refractivity contribution in [1.29, 1.82) is 0 Å². The van der Waals surface area contributed by atoms with Gasteiger partial charge in [0.05, 0.1) is 5.52 Å². The summed E-state index contributed by atoms with van der Waals surface area (Å²) in [6, 6.07) is 7.62. The Morgan fingerprint density at radius 3 is 3.10 bits per heavy atom. The van der Waals surface area contributed by atoms with Gasteiger partial charge in [0.1, 0.15) is 18.2 Å². The van der Waals surface area contributed by atoms with Crippen LogP contribution in [0.25, 0.3) is 10.9 Å². The van der Waals surface area contributed by atoms with E-state index in [0.717, 1.165) is 29.8 Å². The van der Waals surface area contributed by atoms with E-state index < -0.39 is 0 Å². The molecule has 0 spiro atoms. The number of aromatic nitrogens is 2. The Hall–Kier alpha value is -2.21. The van der Waals surface area contributed by atoms with Crippen LogP contribution < -0.4 is 15.5 Å². The highest BCUT2D eigenvalue weighted by Crippen LogP contribution is 2.24. The van der Waals surface area contributed by atoms with Gasteiger partial charge in [-0.1, -0.05) is 12.1 Å². The minimum absolute atomic E-state index is 0.0000987. The molecule has 1 aliphatic heterocycles. The first-order chi connectivity index (χ1) is 9.81. The molecule has 6 nitrogen and oxygen atoms in total. The first-order valence-electron chi connectivity index (χ1n) is 6.70. The second kappa shape index (κ2) is 5.42. The maximum atomic E-state index is 12.1. The number of carbonyl (C=O) groups is 1. The zero-order valence-electron chi connectivity index (χ0n) is 11.3. The molecule has 0 bridgehead atoms. The summed E-state index contributed by atoms with van der Waals surface area (Å²) in [5.41, 5.74) is 0.895. The number of piperazine rings is 1. The minimum atomic E-state index is -0.243. The van der Waals surface area contributed by atoms with Crippen molar-refractivity contribution in [2.75, 3.05) is 31.6 Å². The third-order valence-electron chi connectivity index (χ3n) is 3.59. The number of anilines is 1. The van der Waals surface area contributed by atoms with Gasteiger partial charge in [-0.05, 0) is 12.1 Å². The van der Waals surface area contributed by atoms with Crippen molar-refractivity contribution < 1.29 is 4.79 Å². The molecule has 1 atom stereocenters. The Kier molecular flexibility index (Phi) is 3.47. The van der Waals surface area contributed by atoms with Gasteiger partial charge in [0.2, 0.25) is 5.91 Å². The number of carbonyl (C=O) groups excluding carboxylic acids is 1. The second-order valence-corrected chi connectivity index (χ2v) is 4.74. The minimum Gasteiger partial charge on any atom is -0.357 e. The van der Waals surface area contributed by atoms with E-state index in [9.17, 15) is 4.79 Å². The third kappa shape index (κ3) is 2.18. The van der Waals surface area contributed by atoms with Crippen molar-refractivity contribution in [2.24, 2.45) is 0 Å². The molecule has 1 aromatic carbocycles. The van der Waals surface area contributed by atoms with Crippen LogP contribution in [0.15, 0.2) is 30.6 Å². The fourth-order valence-electron chi connectivity index (χ4n) is 2.58. The fourth-order valence-corrected chi connectivity index (χ4v) is 2.58. The van der Waals surface area contributed by atoms with Crippen molar-refractivity contribution in [3.05, 3.63) is 30.6 Å². The SMILES string of the molecule is CNC(=O)C1CNCCN1c1ncnc2ccccc12. The highest BCUT2D eigenvalue weighted by molar-refractivity contribution is 5.93. The van der Waals surface area contributed by atoms with Gasteiger partial charge in [-0.3, -0.25) is 4.79 Å². The lowest BCUT2D eigenvalue weighted by atomic mass is 10.1. The van der Waals surface area contributed by atoms with Crippen LogP contribution in [0, 0.1) is 0 Å². The quantitative estimate of drug-likeness (QED) is 0.814. The van der Waals surface area contributed by atoms with Gasteiger partial charge in [-0.15, -0.1) is 0 Å². The van der Waals surface area contributed by atoms with Crippen LogP contribution in [-0.4, -0.2) is 48.6 Å². The highest BCUT2D eigenvalue weighted by atomic mass is 16.2. The number of rotatable bonds is 2. The third-order valence-corrected chi connectivity index (χ3v) is 3.59. The number of nitrogens with zero attached hydrogens (tertiary/aromatic N) is 3. The molecule has 0 saturated carbocycles. The lowest BCUT2D eigenvalue weighted by Crippen LogP contribution is -2.58. The summed E-state index contributed by atoms with van der Waals surface area (Å²) >= 11 is 0. The number of amides is 1. The molecule has 0 radical (unpaired) electrons. The molecule has 2 N–H and O–H groups in total. The van der Waals surface area contributed by atoms with Crippen LogP contribution >= 0.6 is 0 Å². The maximum absolute atomic E-state index is 12.1. The van der Waals surface area contributed by atoms with Gasteiger partial charge >= 0.3 is 0 Å². The van der Waals surface area contributed by atoms with Crippen molar-refractivity contribution >= 4 is 22.6 Å². The largest absolute Gasteiger partial charge is 0.357 e. The van der Waals surface area contributed by atoms with E-state index in [2.05, 4.69) is 25.5 Å². The molecule has 2 heterocycles.